The second-order valence-corrected chi connectivity index (χ2v) is 14.0. The van der Waals surface area contributed by atoms with E-state index in [9.17, 15) is 15.0 Å². The quantitative estimate of drug-likeness (QED) is 0.237. The summed E-state index contributed by atoms with van der Waals surface area (Å²) in [6, 6.07) is 22.2. The number of ether oxygens (including phenoxy) is 2. The molecule has 2 heterocycles. The number of likely N-dealkylation sites (tertiary alicyclic amines) is 1. The first-order chi connectivity index (χ1) is 20.4. The zero-order chi connectivity index (χ0) is 30.8. The number of halogens is 4. The molecule has 2 aliphatic heterocycles. The number of amides is 1. The summed E-state index contributed by atoms with van der Waals surface area (Å²) in [7, 11) is 0. The van der Waals surface area contributed by atoms with Gasteiger partial charge in [0.1, 0.15) is 0 Å². The van der Waals surface area contributed by atoms with Crippen molar-refractivity contribution in [2.24, 2.45) is 5.92 Å². The lowest BCUT2D eigenvalue weighted by molar-refractivity contribution is -0.277. The number of hydrogen-bond donors (Lipinski definition) is 3. The van der Waals surface area contributed by atoms with Crippen LogP contribution in [0.15, 0.2) is 72.8 Å². The Kier molecular flexibility index (Phi) is 10.3. The summed E-state index contributed by atoms with van der Waals surface area (Å²) >= 11 is 23.1. The Morgan fingerprint density at radius 3 is 2.14 bits per heavy atom. The van der Waals surface area contributed by atoms with E-state index in [4.69, 9.17) is 55.9 Å². The molecule has 0 radical (unpaired) electrons. The van der Waals surface area contributed by atoms with Gasteiger partial charge in [-0.15, -0.1) is 0 Å². The summed E-state index contributed by atoms with van der Waals surface area (Å²) in [6.45, 7) is 4.18. The van der Waals surface area contributed by atoms with E-state index in [-0.39, 0.29) is 24.7 Å². The highest BCUT2D eigenvalue weighted by Crippen LogP contribution is 2.43. The highest BCUT2D eigenvalue weighted by molar-refractivity contribution is 6.76. The number of carbonyl (C=O) groups excluding carboxylic acids is 1. The average Bonchev–Trinajstić information content (AvgIpc) is 2.99. The number of alkyl halides is 3. The number of piperidine rings is 1. The van der Waals surface area contributed by atoms with Crippen molar-refractivity contribution < 1.29 is 24.5 Å². The SMILES string of the molecule is CC1C(CN2CCC(O)(c3ccc(Cl)cc3)CC2)OC(c2ccc(NC(=O)C(Cl)(Cl)Cl)cc2)OC1c1ccc(CO)cc1. The third kappa shape index (κ3) is 7.85. The standard InChI is InChI=1S/C32H34Cl4N2O5/c1-20-27(18-38-16-14-31(41,15-17-38)24-8-10-25(33)11-9-24)42-29(43-28(20)22-4-2-21(19-39)3-5-22)23-6-12-26(13-7-23)37-30(40)32(34,35)36/h2-13,20,27-29,39,41H,14-19H2,1H3,(H,37,40). The van der Waals surface area contributed by atoms with Gasteiger partial charge in [-0.3, -0.25) is 4.79 Å². The Balaban J connectivity index is 1.32. The summed E-state index contributed by atoms with van der Waals surface area (Å²) in [5.41, 5.74) is 3.05. The smallest absolute Gasteiger partial charge is 0.276 e. The Bertz CT molecular complexity index is 1370. The highest BCUT2D eigenvalue weighted by Gasteiger charge is 2.41. The van der Waals surface area contributed by atoms with Crippen LogP contribution in [0.2, 0.25) is 5.02 Å². The topological polar surface area (TPSA) is 91.3 Å². The fourth-order valence-electron chi connectivity index (χ4n) is 5.66. The van der Waals surface area contributed by atoms with Gasteiger partial charge in [-0.1, -0.05) is 102 Å². The predicted octanol–water partition coefficient (Wildman–Crippen LogP) is 6.92. The molecule has 2 saturated heterocycles. The number of nitrogens with zero attached hydrogens (tertiary/aromatic N) is 1. The number of aliphatic hydroxyl groups is 2. The van der Waals surface area contributed by atoms with Gasteiger partial charge in [-0.2, -0.15) is 0 Å². The first-order valence-corrected chi connectivity index (χ1v) is 15.7. The normalized spacial score (nSPS) is 24.4. The fourth-order valence-corrected chi connectivity index (χ4v) is 5.93. The Labute approximate surface area is 271 Å². The van der Waals surface area contributed by atoms with Crippen LogP contribution in [0.3, 0.4) is 0 Å². The van der Waals surface area contributed by atoms with Crippen LogP contribution in [0.4, 0.5) is 5.69 Å². The third-order valence-electron chi connectivity index (χ3n) is 8.32. The van der Waals surface area contributed by atoms with E-state index in [0.29, 0.717) is 43.2 Å². The van der Waals surface area contributed by atoms with Crippen molar-refractivity contribution in [1.82, 2.24) is 4.90 Å². The third-order valence-corrected chi connectivity index (χ3v) is 9.09. The van der Waals surface area contributed by atoms with E-state index < -0.39 is 21.6 Å². The summed E-state index contributed by atoms with van der Waals surface area (Å²) in [5.74, 6) is -0.740. The molecular formula is C32H34Cl4N2O5. The number of anilines is 1. The lowest BCUT2D eigenvalue weighted by Crippen LogP contribution is -2.49. The van der Waals surface area contributed by atoms with Crippen LogP contribution in [0.25, 0.3) is 0 Å². The van der Waals surface area contributed by atoms with Gasteiger partial charge in [0.05, 0.1) is 24.4 Å². The molecule has 11 heteroatoms. The van der Waals surface area contributed by atoms with Crippen molar-refractivity contribution in [3.63, 3.8) is 0 Å². The van der Waals surface area contributed by atoms with Crippen LogP contribution in [0.5, 0.6) is 0 Å². The number of carbonyl (C=O) groups is 1. The summed E-state index contributed by atoms with van der Waals surface area (Å²) < 4.78 is 11.0. The molecule has 3 aromatic carbocycles. The minimum atomic E-state index is -2.07. The minimum absolute atomic E-state index is 0.0103. The van der Waals surface area contributed by atoms with Crippen molar-refractivity contribution >= 4 is 58.0 Å². The number of nitrogens with one attached hydrogen (secondary N) is 1. The maximum Gasteiger partial charge on any atom is 0.276 e. The van der Waals surface area contributed by atoms with Crippen LogP contribution in [-0.2, 0) is 26.5 Å². The molecule has 3 N–H and O–H groups in total. The molecule has 3 aromatic rings. The number of hydrogen-bond acceptors (Lipinski definition) is 6. The van der Waals surface area contributed by atoms with Gasteiger partial charge in [0, 0.05) is 41.8 Å². The Morgan fingerprint density at radius 2 is 1.56 bits per heavy atom. The number of rotatable bonds is 7. The molecule has 1 amide bonds. The van der Waals surface area contributed by atoms with Crippen molar-refractivity contribution in [2.45, 2.75) is 54.3 Å². The van der Waals surface area contributed by atoms with Crippen LogP contribution < -0.4 is 5.32 Å². The fraction of sp³-hybridized carbons (Fsp3) is 0.406. The first-order valence-electron chi connectivity index (χ1n) is 14.1. The van der Waals surface area contributed by atoms with E-state index >= 15 is 0 Å². The zero-order valence-electron chi connectivity index (χ0n) is 23.6. The van der Waals surface area contributed by atoms with E-state index in [2.05, 4.69) is 17.1 Å². The maximum absolute atomic E-state index is 12.1. The lowest BCUT2D eigenvalue weighted by atomic mass is 9.84. The minimum Gasteiger partial charge on any atom is -0.392 e. The second kappa shape index (κ2) is 13.6. The summed E-state index contributed by atoms with van der Waals surface area (Å²) in [5, 5.41) is 24.1. The van der Waals surface area contributed by atoms with E-state index in [1.54, 1.807) is 12.1 Å². The van der Waals surface area contributed by atoms with E-state index in [0.717, 1.165) is 22.3 Å². The van der Waals surface area contributed by atoms with Gasteiger partial charge in [-0.25, -0.2) is 0 Å². The molecule has 0 bridgehead atoms. The van der Waals surface area contributed by atoms with Gasteiger partial charge in [0.15, 0.2) is 6.29 Å². The number of benzene rings is 3. The molecule has 0 aromatic heterocycles. The molecule has 0 saturated carbocycles. The maximum atomic E-state index is 12.1. The van der Waals surface area contributed by atoms with E-state index in [1.807, 2.05) is 60.7 Å². The van der Waals surface area contributed by atoms with Crippen molar-refractivity contribution in [3.8, 4) is 0 Å². The summed E-state index contributed by atoms with van der Waals surface area (Å²) in [6.07, 6.45) is 0.0896. The average molecular weight is 668 g/mol. The van der Waals surface area contributed by atoms with Crippen LogP contribution in [0, 0.1) is 5.92 Å². The molecule has 2 fully saturated rings. The highest BCUT2D eigenvalue weighted by atomic mass is 35.6. The molecule has 4 unspecified atom stereocenters. The van der Waals surface area contributed by atoms with Crippen molar-refractivity contribution in [2.75, 3.05) is 25.0 Å². The lowest BCUT2D eigenvalue weighted by Gasteiger charge is -2.45. The Hall–Kier alpha value is -1.91. The monoisotopic (exact) mass is 666 g/mol. The van der Waals surface area contributed by atoms with Crippen LogP contribution in [-0.4, -0.2) is 50.6 Å². The van der Waals surface area contributed by atoms with Crippen molar-refractivity contribution in [1.29, 1.82) is 0 Å². The molecule has 2 aliphatic rings. The van der Waals surface area contributed by atoms with Gasteiger partial charge >= 0.3 is 0 Å². The predicted molar refractivity (Wildman–Crippen MR) is 169 cm³/mol. The van der Waals surface area contributed by atoms with Gasteiger partial charge in [-0.05, 0) is 53.8 Å². The molecule has 7 nitrogen and oxygen atoms in total. The number of aliphatic hydroxyl groups excluding tert-OH is 1. The van der Waals surface area contributed by atoms with Crippen LogP contribution >= 0.6 is 46.4 Å². The van der Waals surface area contributed by atoms with Crippen LogP contribution in [0.1, 0.15) is 54.4 Å². The first kappa shape index (κ1) is 32.5. The Morgan fingerprint density at radius 1 is 0.953 bits per heavy atom. The van der Waals surface area contributed by atoms with Gasteiger partial charge in [0.25, 0.3) is 9.70 Å². The zero-order valence-corrected chi connectivity index (χ0v) is 26.6. The molecule has 230 valence electrons. The largest absolute Gasteiger partial charge is 0.392 e. The molecule has 0 spiro atoms. The molecule has 5 rings (SSSR count). The van der Waals surface area contributed by atoms with Crippen molar-refractivity contribution in [3.05, 3.63) is 100 Å². The van der Waals surface area contributed by atoms with Gasteiger partial charge < -0.3 is 29.9 Å². The molecule has 0 aliphatic carbocycles. The van der Waals surface area contributed by atoms with Gasteiger partial charge in [0.2, 0.25) is 0 Å². The molecule has 4 atom stereocenters. The molecular weight excluding hydrogens is 634 g/mol. The summed E-state index contributed by atoms with van der Waals surface area (Å²) in [4.78, 5) is 14.4. The second-order valence-electron chi connectivity index (χ2n) is 11.2. The molecule has 43 heavy (non-hydrogen) atoms. The van der Waals surface area contributed by atoms with E-state index in [1.165, 1.54) is 0 Å².